The maximum atomic E-state index is 11.3. The third-order valence-corrected chi connectivity index (χ3v) is 4.21. The topological polar surface area (TPSA) is 209 Å². The molecule has 2 aromatic carbocycles. The van der Waals surface area contributed by atoms with Crippen molar-refractivity contribution in [3.05, 3.63) is 57.6 Å². The van der Waals surface area contributed by atoms with Crippen molar-refractivity contribution in [1.82, 2.24) is 10.6 Å². The molecule has 0 amide bonds. The first-order chi connectivity index (χ1) is 14.5. The van der Waals surface area contributed by atoms with E-state index in [1.807, 2.05) is 13.8 Å². The SMILES string of the molecule is CCNCCN=Cc1cc(Cl)ccc1[O-].CCNCCN=Cc1cc(Cl)ccc1[O-].[O-2].[O-2].[O-2].[O-2].[V].[V]. The molecule has 10 nitrogen and oxygen atoms in total. The van der Waals surface area contributed by atoms with Crippen LogP contribution in [0.1, 0.15) is 25.0 Å². The predicted molar refractivity (Wildman–Crippen MR) is 127 cm³/mol. The van der Waals surface area contributed by atoms with Gasteiger partial charge < -0.3 is 42.8 Å². The summed E-state index contributed by atoms with van der Waals surface area (Å²) in [6.45, 7) is 8.91. The normalized spacial score (nSPS) is 9.22. The second kappa shape index (κ2) is 30.1. The molecule has 0 atom stereocenters. The van der Waals surface area contributed by atoms with E-state index in [9.17, 15) is 10.2 Å². The molecule has 0 saturated carbocycles. The number of benzene rings is 2. The van der Waals surface area contributed by atoms with Crippen LogP contribution >= 0.6 is 23.2 Å². The van der Waals surface area contributed by atoms with Crippen LogP contribution in [0.25, 0.3) is 0 Å². The van der Waals surface area contributed by atoms with Gasteiger partial charge in [0.1, 0.15) is 0 Å². The third-order valence-electron chi connectivity index (χ3n) is 3.74. The second-order valence-corrected chi connectivity index (χ2v) is 7.01. The first-order valence-electron chi connectivity index (χ1n) is 9.82. The molecule has 0 heterocycles. The monoisotopic (exact) mass is 616 g/mol. The Kier molecular flexibility index (Phi) is 40.2. The number of nitrogens with zero attached hydrogens (tertiary/aromatic N) is 2. The van der Waals surface area contributed by atoms with Crippen LogP contribution in [0.3, 0.4) is 0 Å². The standard InChI is InChI=1S/2C11H15ClN2O.4O.2V/c2*1-2-13-5-6-14-8-9-7-10(12)3-4-11(9)15;;;;;;/h2*3-4,7-8,13,15H,2,5-6H2,1H3;;;;;;/q;;4*-2;;/p-2. The quantitative estimate of drug-likeness (QED) is 0.304. The third kappa shape index (κ3) is 22.1. The Morgan fingerprint density at radius 1 is 0.694 bits per heavy atom. The van der Waals surface area contributed by atoms with Crippen molar-refractivity contribution in [2.24, 2.45) is 9.98 Å². The Labute approximate surface area is 246 Å². The zero-order chi connectivity index (χ0) is 22.2. The first-order valence-corrected chi connectivity index (χ1v) is 10.6. The molecule has 2 N–H and O–H groups in total. The van der Waals surface area contributed by atoms with Crippen molar-refractivity contribution in [2.45, 2.75) is 13.8 Å². The summed E-state index contributed by atoms with van der Waals surface area (Å²) in [6, 6.07) is 9.32. The van der Waals surface area contributed by atoms with Crippen LogP contribution < -0.4 is 20.8 Å². The molecule has 0 spiro atoms. The number of likely N-dealkylation sites (N-methyl/N-ethyl adjacent to an activating group) is 2. The van der Waals surface area contributed by atoms with E-state index in [1.165, 1.54) is 12.1 Å². The maximum absolute atomic E-state index is 11.3. The van der Waals surface area contributed by atoms with Crippen LogP contribution in [-0.2, 0) is 59.0 Å². The van der Waals surface area contributed by atoms with Crippen LogP contribution in [0.15, 0.2) is 46.4 Å². The number of rotatable bonds is 10. The minimum Gasteiger partial charge on any atom is -2.00 e. The fraction of sp³-hybridized carbons (Fsp3) is 0.364. The van der Waals surface area contributed by atoms with Crippen LogP contribution in [0.2, 0.25) is 10.0 Å². The molecular formula is C22H28Cl2N4O6V2-10. The number of nitrogens with one attached hydrogen (secondary N) is 2. The summed E-state index contributed by atoms with van der Waals surface area (Å²) in [6.07, 6.45) is 3.15. The Morgan fingerprint density at radius 3 is 1.33 bits per heavy atom. The summed E-state index contributed by atoms with van der Waals surface area (Å²) >= 11 is 11.5. The van der Waals surface area contributed by atoms with Gasteiger partial charge in [0, 0.05) is 72.7 Å². The molecule has 0 aliphatic heterocycles. The average Bonchev–Trinajstić information content (AvgIpc) is 2.73. The van der Waals surface area contributed by atoms with Crippen LogP contribution in [0, 0.1) is 0 Å². The zero-order valence-electron chi connectivity index (χ0n) is 19.9. The molecule has 36 heavy (non-hydrogen) atoms. The van der Waals surface area contributed by atoms with Gasteiger partial charge in [-0.05, 0) is 48.5 Å². The summed E-state index contributed by atoms with van der Waals surface area (Å²) in [7, 11) is 0. The molecule has 0 aromatic heterocycles. The molecule has 2 radical (unpaired) electrons. The van der Waals surface area contributed by atoms with Crippen molar-refractivity contribution in [2.75, 3.05) is 39.3 Å². The van der Waals surface area contributed by atoms with Crippen molar-refractivity contribution in [1.29, 1.82) is 0 Å². The average molecular weight is 617 g/mol. The zero-order valence-corrected chi connectivity index (χ0v) is 24.2. The number of hydrogen-bond donors (Lipinski definition) is 2. The van der Waals surface area contributed by atoms with E-state index in [0.29, 0.717) is 34.3 Å². The Bertz CT molecular complexity index is 770. The summed E-state index contributed by atoms with van der Waals surface area (Å²) in [5.41, 5.74) is 1.08. The van der Waals surface area contributed by atoms with Crippen molar-refractivity contribution in [3.8, 4) is 11.5 Å². The molecule has 0 aliphatic carbocycles. The Hall–Kier alpha value is -1.11. The Balaban J connectivity index is -0.000000107. The number of halogens is 2. The molecule has 14 heteroatoms. The van der Waals surface area contributed by atoms with Crippen LogP contribution in [0.4, 0.5) is 0 Å². The number of aliphatic imine (C=N–C) groups is 2. The molecule has 0 unspecified atom stereocenters. The molecule has 0 saturated heterocycles. The van der Waals surface area contributed by atoms with Crippen molar-refractivity contribution < 1.29 is 69.2 Å². The Morgan fingerprint density at radius 2 is 1.03 bits per heavy atom. The fourth-order valence-electron chi connectivity index (χ4n) is 2.21. The predicted octanol–water partition coefficient (Wildman–Crippen LogP) is 2.40. The van der Waals surface area contributed by atoms with Crippen LogP contribution in [-0.4, -0.2) is 51.7 Å². The summed E-state index contributed by atoms with van der Waals surface area (Å²) in [5.74, 6) is -0.0989. The van der Waals surface area contributed by atoms with Gasteiger partial charge in [0.25, 0.3) is 0 Å². The molecule has 0 aliphatic rings. The summed E-state index contributed by atoms with van der Waals surface area (Å²) in [5, 5.41) is 30.1. The summed E-state index contributed by atoms with van der Waals surface area (Å²) in [4.78, 5) is 8.27. The van der Waals surface area contributed by atoms with Gasteiger partial charge in [-0.1, -0.05) is 60.7 Å². The molecule has 0 bridgehead atoms. The van der Waals surface area contributed by atoms with E-state index in [0.717, 1.165) is 26.2 Å². The van der Waals surface area contributed by atoms with Gasteiger partial charge in [0.15, 0.2) is 0 Å². The van der Waals surface area contributed by atoms with E-state index < -0.39 is 0 Å². The molecule has 2 rings (SSSR count). The van der Waals surface area contributed by atoms with Crippen LogP contribution in [0.5, 0.6) is 11.5 Å². The number of hydrogen-bond acceptors (Lipinski definition) is 6. The minimum absolute atomic E-state index is 0. The van der Waals surface area contributed by atoms with Crippen molar-refractivity contribution >= 4 is 35.6 Å². The molecule has 206 valence electrons. The van der Waals surface area contributed by atoms with Gasteiger partial charge in [-0.3, -0.25) is 9.98 Å². The van der Waals surface area contributed by atoms with Gasteiger partial charge in [-0.15, -0.1) is 0 Å². The van der Waals surface area contributed by atoms with Gasteiger partial charge >= 0.3 is 0 Å². The molecular weight excluding hydrogens is 589 g/mol. The van der Waals surface area contributed by atoms with E-state index in [4.69, 9.17) is 23.2 Å². The second-order valence-electron chi connectivity index (χ2n) is 6.14. The van der Waals surface area contributed by atoms with Crippen molar-refractivity contribution in [3.63, 3.8) is 0 Å². The van der Waals surface area contributed by atoms with Gasteiger partial charge in [0.2, 0.25) is 0 Å². The van der Waals surface area contributed by atoms with E-state index in [-0.39, 0.29) is 70.5 Å². The maximum Gasteiger partial charge on any atom is 0.0514 e. The van der Waals surface area contributed by atoms with Gasteiger partial charge in [-0.25, -0.2) is 0 Å². The minimum atomic E-state index is -0.0494. The van der Waals surface area contributed by atoms with E-state index >= 15 is 0 Å². The first kappa shape index (κ1) is 48.0. The largest absolute Gasteiger partial charge is 2.00 e. The summed E-state index contributed by atoms with van der Waals surface area (Å²) < 4.78 is 0. The van der Waals surface area contributed by atoms with Gasteiger partial charge in [0.05, 0.1) is 13.1 Å². The van der Waals surface area contributed by atoms with Gasteiger partial charge in [-0.2, -0.15) is 0 Å². The fourth-order valence-corrected chi connectivity index (χ4v) is 2.57. The van der Waals surface area contributed by atoms with E-state index in [1.54, 1.807) is 36.7 Å². The smallest absolute Gasteiger partial charge is 0.0514 e. The van der Waals surface area contributed by atoms with E-state index in [2.05, 4.69) is 20.6 Å². The molecule has 0 fully saturated rings. The molecule has 2 aromatic rings.